The van der Waals surface area contributed by atoms with Gasteiger partial charge in [0.1, 0.15) is 5.82 Å². The summed E-state index contributed by atoms with van der Waals surface area (Å²) in [5.41, 5.74) is 2.06. The quantitative estimate of drug-likeness (QED) is 0.768. The van der Waals surface area contributed by atoms with E-state index in [1.807, 2.05) is 29.2 Å². The summed E-state index contributed by atoms with van der Waals surface area (Å²) >= 11 is 3.17. The van der Waals surface area contributed by atoms with Crippen LogP contribution in [0.25, 0.3) is 0 Å². The number of benzene rings is 2. The molecule has 2 aromatic carbocycles. The molecule has 0 unspecified atom stereocenters. The lowest BCUT2D eigenvalue weighted by Crippen LogP contribution is -2.28. The highest BCUT2D eigenvalue weighted by Gasteiger charge is 2.19. The molecule has 7 heteroatoms. The fourth-order valence-corrected chi connectivity index (χ4v) is 3.20. The predicted molar refractivity (Wildman–Crippen MR) is 101 cm³/mol. The standard InChI is InChI=1S/C19H19BrFN3O2/c20-15-6-7-17(16(21)10-15)23-19(26)22-11-13-3-1-4-14(9-13)12-24-8-2-5-18(24)25/h1,3-4,6-7,9-10H,2,5,8,11-12H2,(H2,22,23,26). The summed E-state index contributed by atoms with van der Waals surface area (Å²) in [7, 11) is 0. The van der Waals surface area contributed by atoms with E-state index in [2.05, 4.69) is 26.6 Å². The van der Waals surface area contributed by atoms with Gasteiger partial charge in [-0.25, -0.2) is 9.18 Å². The van der Waals surface area contributed by atoms with Crippen molar-refractivity contribution in [1.82, 2.24) is 10.2 Å². The summed E-state index contributed by atoms with van der Waals surface area (Å²) in [6, 6.07) is 11.7. The predicted octanol–water partition coefficient (Wildman–Crippen LogP) is 4.03. The van der Waals surface area contributed by atoms with Gasteiger partial charge in [0.25, 0.3) is 0 Å². The fourth-order valence-electron chi connectivity index (χ4n) is 2.87. The van der Waals surface area contributed by atoms with Crippen molar-refractivity contribution in [2.45, 2.75) is 25.9 Å². The molecule has 1 saturated heterocycles. The molecule has 0 radical (unpaired) electrons. The molecule has 1 heterocycles. The first-order chi connectivity index (χ1) is 12.5. The van der Waals surface area contributed by atoms with Gasteiger partial charge in [0, 0.05) is 30.5 Å². The second-order valence-electron chi connectivity index (χ2n) is 6.17. The molecular formula is C19H19BrFN3O2. The van der Waals surface area contributed by atoms with Crippen LogP contribution in [0.1, 0.15) is 24.0 Å². The fraction of sp³-hybridized carbons (Fsp3) is 0.263. The molecule has 0 aliphatic carbocycles. The van der Waals surface area contributed by atoms with E-state index in [0.29, 0.717) is 24.0 Å². The first-order valence-electron chi connectivity index (χ1n) is 8.37. The zero-order valence-electron chi connectivity index (χ0n) is 14.1. The minimum atomic E-state index is -0.508. The van der Waals surface area contributed by atoms with Gasteiger partial charge in [0.2, 0.25) is 5.91 Å². The molecule has 3 amide bonds. The monoisotopic (exact) mass is 419 g/mol. The van der Waals surface area contributed by atoms with Crippen LogP contribution in [0.15, 0.2) is 46.9 Å². The zero-order valence-corrected chi connectivity index (χ0v) is 15.7. The minimum Gasteiger partial charge on any atom is -0.338 e. The Bertz CT molecular complexity index is 828. The molecule has 0 saturated carbocycles. The highest BCUT2D eigenvalue weighted by Crippen LogP contribution is 2.19. The minimum absolute atomic E-state index is 0.118. The Morgan fingerprint density at radius 2 is 2.00 bits per heavy atom. The highest BCUT2D eigenvalue weighted by molar-refractivity contribution is 9.10. The van der Waals surface area contributed by atoms with Gasteiger partial charge < -0.3 is 15.5 Å². The number of anilines is 1. The van der Waals surface area contributed by atoms with Crippen LogP contribution in [-0.4, -0.2) is 23.4 Å². The molecule has 5 nitrogen and oxygen atoms in total. The largest absolute Gasteiger partial charge is 0.338 e. The number of hydrogen-bond donors (Lipinski definition) is 2. The zero-order chi connectivity index (χ0) is 18.5. The number of urea groups is 1. The number of hydrogen-bond acceptors (Lipinski definition) is 2. The first-order valence-corrected chi connectivity index (χ1v) is 9.16. The number of nitrogens with one attached hydrogen (secondary N) is 2. The van der Waals surface area contributed by atoms with Gasteiger partial charge in [0.15, 0.2) is 0 Å². The van der Waals surface area contributed by atoms with Crippen molar-refractivity contribution in [3.8, 4) is 0 Å². The Morgan fingerprint density at radius 3 is 2.73 bits per heavy atom. The lowest BCUT2D eigenvalue weighted by Gasteiger charge is -2.16. The van der Waals surface area contributed by atoms with Gasteiger partial charge in [-0.15, -0.1) is 0 Å². The molecule has 2 aromatic rings. The molecule has 2 N–H and O–H groups in total. The van der Waals surface area contributed by atoms with Gasteiger partial charge in [-0.05, 0) is 35.7 Å². The van der Waals surface area contributed by atoms with Gasteiger partial charge >= 0.3 is 6.03 Å². The Morgan fingerprint density at radius 1 is 1.19 bits per heavy atom. The second-order valence-corrected chi connectivity index (χ2v) is 7.09. The molecule has 26 heavy (non-hydrogen) atoms. The van der Waals surface area contributed by atoms with Crippen LogP contribution in [0.3, 0.4) is 0 Å². The lowest BCUT2D eigenvalue weighted by molar-refractivity contribution is -0.128. The third-order valence-corrected chi connectivity index (χ3v) is 4.66. The maximum atomic E-state index is 13.7. The molecule has 3 rings (SSSR count). The topological polar surface area (TPSA) is 61.4 Å². The highest BCUT2D eigenvalue weighted by atomic mass is 79.9. The Labute approximate surface area is 159 Å². The number of rotatable bonds is 5. The Balaban J connectivity index is 1.54. The summed E-state index contributed by atoms with van der Waals surface area (Å²) in [6.07, 6.45) is 1.53. The maximum absolute atomic E-state index is 13.7. The summed E-state index contributed by atoms with van der Waals surface area (Å²) in [4.78, 5) is 25.5. The Hall–Kier alpha value is -2.41. The first kappa shape index (κ1) is 18.4. The molecule has 0 aromatic heterocycles. The van der Waals surface area contributed by atoms with Crippen molar-refractivity contribution in [2.24, 2.45) is 0 Å². The van der Waals surface area contributed by atoms with Crippen LogP contribution in [-0.2, 0) is 17.9 Å². The van der Waals surface area contributed by atoms with E-state index in [-0.39, 0.29) is 11.6 Å². The number of carbonyl (C=O) groups excluding carboxylic acids is 2. The van der Waals surface area contributed by atoms with Gasteiger partial charge in [-0.3, -0.25) is 4.79 Å². The van der Waals surface area contributed by atoms with Gasteiger partial charge in [-0.2, -0.15) is 0 Å². The van der Waals surface area contributed by atoms with Crippen molar-refractivity contribution >= 4 is 33.6 Å². The second kappa shape index (κ2) is 8.31. The molecular weight excluding hydrogens is 401 g/mol. The van der Waals surface area contributed by atoms with E-state index in [4.69, 9.17) is 0 Å². The maximum Gasteiger partial charge on any atom is 0.319 e. The molecule has 1 fully saturated rings. The van der Waals surface area contributed by atoms with Crippen molar-refractivity contribution in [3.05, 3.63) is 63.9 Å². The summed E-state index contributed by atoms with van der Waals surface area (Å²) < 4.78 is 14.4. The van der Waals surface area contributed by atoms with Gasteiger partial charge in [0.05, 0.1) is 5.69 Å². The van der Waals surface area contributed by atoms with Crippen molar-refractivity contribution in [2.75, 3.05) is 11.9 Å². The molecule has 0 bridgehead atoms. The molecule has 1 aliphatic rings. The number of halogens is 2. The summed E-state index contributed by atoms with van der Waals surface area (Å²) in [5.74, 6) is -0.323. The smallest absolute Gasteiger partial charge is 0.319 e. The van der Waals surface area contributed by atoms with E-state index in [9.17, 15) is 14.0 Å². The number of likely N-dealkylation sites (tertiary alicyclic amines) is 1. The molecule has 0 atom stereocenters. The van der Waals surface area contributed by atoms with Crippen LogP contribution < -0.4 is 10.6 Å². The van der Waals surface area contributed by atoms with E-state index in [0.717, 1.165) is 24.1 Å². The van der Waals surface area contributed by atoms with E-state index in [1.165, 1.54) is 12.1 Å². The number of carbonyl (C=O) groups is 2. The van der Waals surface area contributed by atoms with Crippen molar-refractivity contribution in [3.63, 3.8) is 0 Å². The lowest BCUT2D eigenvalue weighted by atomic mass is 10.1. The normalized spacial score (nSPS) is 13.8. The Kier molecular flexibility index (Phi) is 5.88. The molecule has 0 spiro atoms. The number of amides is 3. The van der Waals surface area contributed by atoms with Crippen LogP contribution in [0.5, 0.6) is 0 Å². The molecule has 136 valence electrons. The average Bonchev–Trinajstić information content (AvgIpc) is 3.01. The van der Waals surface area contributed by atoms with E-state index in [1.54, 1.807) is 6.07 Å². The van der Waals surface area contributed by atoms with Crippen LogP contribution in [0, 0.1) is 5.82 Å². The number of nitrogens with zero attached hydrogens (tertiary/aromatic N) is 1. The van der Waals surface area contributed by atoms with Crippen molar-refractivity contribution < 1.29 is 14.0 Å². The third kappa shape index (κ3) is 4.82. The SMILES string of the molecule is O=C(NCc1cccc(CN2CCCC2=O)c1)Nc1ccc(Br)cc1F. The van der Waals surface area contributed by atoms with Crippen LogP contribution >= 0.6 is 15.9 Å². The van der Waals surface area contributed by atoms with Crippen LogP contribution in [0.2, 0.25) is 0 Å². The van der Waals surface area contributed by atoms with Crippen LogP contribution in [0.4, 0.5) is 14.9 Å². The summed E-state index contributed by atoms with van der Waals surface area (Å²) in [5, 5.41) is 5.20. The summed E-state index contributed by atoms with van der Waals surface area (Å²) in [6.45, 7) is 1.69. The van der Waals surface area contributed by atoms with E-state index < -0.39 is 11.8 Å². The van der Waals surface area contributed by atoms with E-state index >= 15 is 0 Å². The van der Waals surface area contributed by atoms with Crippen molar-refractivity contribution in [1.29, 1.82) is 0 Å². The third-order valence-electron chi connectivity index (χ3n) is 4.17. The average molecular weight is 420 g/mol. The van der Waals surface area contributed by atoms with Gasteiger partial charge in [-0.1, -0.05) is 40.2 Å². The molecule has 1 aliphatic heterocycles.